The van der Waals surface area contributed by atoms with Crippen molar-refractivity contribution in [2.24, 2.45) is 0 Å². The lowest BCUT2D eigenvalue weighted by Crippen LogP contribution is -2.67. The number of sulfone groups is 1. The van der Waals surface area contributed by atoms with Gasteiger partial charge in [0.25, 0.3) is 0 Å². The van der Waals surface area contributed by atoms with Crippen LogP contribution >= 0.6 is 0 Å². The highest BCUT2D eigenvalue weighted by Crippen LogP contribution is 2.31. The van der Waals surface area contributed by atoms with Gasteiger partial charge in [0.1, 0.15) is 15.4 Å². The van der Waals surface area contributed by atoms with Gasteiger partial charge >= 0.3 is 0 Å². The van der Waals surface area contributed by atoms with E-state index in [1.165, 1.54) is 11.2 Å². The van der Waals surface area contributed by atoms with Crippen LogP contribution in [-0.4, -0.2) is 55.8 Å². The lowest BCUT2D eigenvalue weighted by Gasteiger charge is -2.44. The highest BCUT2D eigenvalue weighted by Gasteiger charge is 2.46. The van der Waals surface area contributed by atoms with Gasteiger partial charge in [0.15, 0.2) is 0 Å². The largest absolute Gasteiger partial charge is 0.340 e. The quantitative estimate of drug-likeness (QED) is 0.797. The highest BCUT2D eigenvalue weighted by atomic mass is 32.2. The van der Waals surface area contributed by atoms with E-state index < -0.39 is 15.4 Å². The van der Waals surface area contributed by atoms with E-state index in [9.17, 15) is 18.0 Å². The first-order valence-electron chi connectivity index (χ1n) is 7.11. The van der Waals surface area contributed by atoms with Crippen molar-refractivity contribution in [2.75, 3.05) is 25.1 Å². The minimum atomic E-state index is -3.03. The van der Waals surface area contributed by atoms with E-state index in [4.69, 9.17) is 0 Å². The molecule has 1 saturated carbocycles. The lowest BCUT2D eigenvalue weighted by molar-refractivity contribution is -0.151. The number of carbonyl (C=O) groups is 2. The molecule has 7 heteroatoms. The number of nitrogens with one attached hydrogen (secondary N) is 1. The van der Waals surface area contributed by atoms with Gasteiger partial charge in [-0.25, -0.2) is 8.42 Å². The molecule has 0 aromatic carbocycles. The molecule has 6 nitrogen and oxygen atoms in total. The number of hydrogen-bond acceptors (Lipinski definition) is 4. The Balaban J connectivity index is 2.01. The molecule has 1 spiro atoms. The van der Waals surface area contributed by atoms with Gasteiger partial charge in [-0.05, 0) is 19.3 Å². The van der Waals surface area contributed by atoms with Crippen LogP contribution in [0.4, 0.5) is 0 Å². The van der Waals surface area contributed by atoms with Crippen LogP contribution in [0.2, 0.25) is 0 Å². The Morgan fingerprint density at radius 3 is 2.45 bits per heavy atom. The highest BCUT2D eigenvalue weighted by molar-refractivity contribution is 7.90. The van der Waals surface area contributed by atoms with Crippen LogP contribution in [0.5, 0.6) is 0 Å². The third-order valence-electron chi connectivity index (χ3n) is 4.06. The molecule has 0 bridgehead atoms. The molecule has 1 aliphatic carbocycles. The van der Waals surface area contributed by atoms with Crippen LogP contribution in [0.15, 0.2) is 0 Å². The number of nitrogens with zero attached hydrogens (tertiary/aromatic N) is 1. The monoisotopic (exact) mass is 302 g/mol. The van der Waals surface area contributed by atoms with Crippen molar-refractivity contribution in [2.45, 2.75) is 44.1 Å². The summed E-state index contributed by atoms with van der Waals surface area (Å²) in [5.41, 5.74) is -0.724. The van der Waals surface area contributed by atoms with E-state index in [2.05, 4.69) is 5.32 Å². The Hall–Kier alpha value is -1.11. The number of carbonyl (C=O) groups excluding carboxylic acids is 2. The zero-order valence-corrected chi connectivity index (χ0v) is 12.7. The van der Waals surface area contributed by atoms with Crippen molar-refractivity contribution in [1.82, 2.24) is 10.2 Å². The van der Waals surface area contributed by atoms with E-state index >= 15 is 0 Å². The van der Waals surface area contributed by atoms with Gasteiger partial charge in [0.2, 0.25) is 11.8 Å². The van der Waals surface area contributed by atoms with Crippen LogP contribution in [0.1, 0.15) is 38.5 Å². The molecule has 1 aliphatic heterocycles. The first kappa shape index (κ1) is 15.3. The molecule has 1 heterocycles. The van der Waals surface area contributed by atoms with E-state index in [-0.39, 0.29) is 24.1 Å². The average molecular weight is 302 g/mol. The maximum atomic E-state index is 12.6. The summed E-state index contributed by atoms with van der Waals surface area (Å²) in [4.78, 5) is 25.9. The molecular formula is C13H22N2O4S. The molecule has 2 aliphatic rings. The third kappa shape index (κ3) is 3.50. The van der Waals surface area contributed by atoms with Crippen LogP contribution in [0.3, 0.4) is 0 Å². The van der Waals surface area contributed by atoms with Crippen molar-refractivity contribution in [1.29, 1.82) is 0 Å². The van der Waals surface area contributed by atoms with Crippen LogP contribution < -0.4 is 5.32 Å². The maximum Gasteiger partial charge on any atom is 0.248 e. The molecule has 0 atom stereocenters. The summed E-state index contributed by atoms with van der Waals surface area (Å²) in [5.74, 6) is -0.123. The summed E-state index contributed by atoms with van der Waals surface area (Å²) in [5, 5.41) is 2.87. The molecule has 2 fully saturated rings. The predicted molar refractivity (Wildman–Crippen MR) is 74.9 cm³/mol. The van der Waals surface area contributed by atoms with Gasteiger partial charge in [-0.3, -0.25) is 9.59 Å². The van der Waals surface area contributed by atoms with Gasteiger partial charge < -0.3 is 10.2 Å². The van der Waals surface area contributed by atoms with E-state index in [0.717, 1.165) is 19.3 Å². The lowest BCUT2D eigenvalue weighted by atomic mass is 9.79. The Morgan fingerprint density at radius 1 is 1.20 bits per heavy atom. The topological polar surface area (TPSA) is 83.6 Å². The molecule has 1 saturated heterocycles. The Kier molecular flexibility index (Phi) is 4.36. The van der Waals surface area contributed by atoms with E-state index in [0.29, 0.717) is 25.8 Å². The van der Waals surface area contributed by atoms with Crippen molar-refractivity contribution >= 4 is 21.7 Å². The maximum absolute atomic E-state index is 12.6. The molecule has 2 amide bonds. The summed E-state index contributed by atoms with van der Waals surface area (Å²) in [6.07, 6.45) is 5.94. The fraction of sp³-hybridized carbons (Fsp3) is 0.846. The fourth-order valence-corrected chi connectivity index (χ4v) is 3.75. The zero-order chi connectivity index (χ0) is 14.8. The van der Waals surface area contributed by atoms with Crippen molar-refractivity contribution in [3.05, 3.63) is 0 Å². The normalized spacial score (nSPS) is 22.9. The van der Waals surface area contributed by atoms with Crippen LogP contribution in [0.25, 0.3) is 0 Å². The second-order valence-electron chi connectivity index (χ2n) is 5.90. The molecule has 1 N–H and O–H groups in total. The molecule has 0 aromatic heterocycles. The van der Waals surface area contributed by atoms with E-state index in [1.54, 1.807) is 0 Å². The smallest absolute Gasteiger partial charge is 0.248 e. The minimum Gasteiger partial charge on any atom is -0.340 e. The number of amides is 2. The second-order valence-corrected chi connectivity index (χ2v) is 8.16. The molecule has 0 unspecified atom stereocenters. The summed E-state index contributed by atoms with van der Waals surface area (Å²) in [6, 6.07) is 0. The summed E-state index contributed by atoms with van der Waals surface area (Å²) >= 11 is 0. The Bertz CT molecular complexity index is 495. The fourth-order valence-electron chi connectivity index (χ4n) is 3.10. The van der Waals surface area contributed by atoms with Crippen LogP contribution in [0, 0.1) is 0 Å². The van der Waals surface area contributed by atoms with Gasteiger partial charge in [-0.15, -0.1) is 0 Å². The summed E-state index contributed by atoms with van der Waals surface area (Å²) in [7, 11) is -3.03. The average Bonchev–Trinajstić information content (AvgIpc) is 2.35. The van der Waals surface area contributed by atoms with Crippen molar-refractivity contribution in [3.8, 4) is 0 Å². The number of hydrogen-bond donors (Lipinski definition) is 1. The standard InChI is InChI=1S/C13H22N2O4S/c1-20(18,19)9-5-8-15-10-11(16)14-13(12(15)17)6-3-2-4-7-13/h2-10H2,1H3,(H,14,16). The van der Waals surface area contributed by atoms with Crippen molar-refractivity contribution < 1.29 is 18.0 Å². The zero-order valence-electron chi connectivity index (χ0n) is 11.9. The molecule has 0 radical (unpaired) electrons. The SMILES string of the molecule is CS(=O)(=O)CCCN1CC(=O)NC2(CCCCC2)C1=O. The third-order valence-corrected chi connectivity index (χ3v) is 5.09. The number of piperazine rings is 1. The summed E-state index contributed by atoms with van der Waals surface area (Å²) in [6.45, 7) is 0.380. The molecule has 0 aromatic rings. The van der Waals surface area contributed by atoms with Gasteiger partial charge in [0.05, 0.1) is 12.3 Å². The predicted octanol–water partition coefficient (Wildman–Crippen LogP) is 0.0824. The Morgan fingerprint density at radius 2 is 1.85 bits per heavy atom. The van der Waals surface area contributed by atoms with Gasteiger partial charge in [-0.1, -0.05) is 19.3 Å². The number of rotatable bonds is 4. The molecule has 2 rings (SSSR count). The Labute approximate surface area is 119 Å². The van der Waals surface area contributed by atoms with Gasteiger partial charge in [-0.2, -0.15) is 0 Å². The first-order chi connectivity index (χ1) is 9.32. The van der Waals surface area contributed by atoms with Crippen molar-refractivity contribution in [3.63, 3.8) is 0 Å². The van der Waals surface area contributed by atoms with Gasteiger partial charge in [0, 0.05) is 12.8 Å². The molecule has 114 valence electrons. The summed E-state index contributed by atoms with van der Waals surface area (Å²) < 4.78 is 22.3. The molecule has 20 heavy (non-hydrogen) atoms. The van der Waals surface area contributed by atoms with Crippen LogP contribution in [-0.2, 0) is 19.4 Å². The molecular weight excluding hydrogens is 280 g/mol. The minimum absolute atomic E-state index is 0.0368. The van der Waals surface area contributed by atoms with E-state index in [1.807, 2.05) is 0 Å². The first-order valence-corrected chi connectivity index (χ1v) is 9.17. The second kappa shape index (κ2) is 5.71.